The Morgan fingerprint density at radius 2 is 1.90 bits per heavy atom. The molecule has 9 heteroatoms. The van der Waals surface area contributed by atoms with Crippen LogP contribution in [0.2, 0.25) is 5.02 Å². The van der Waals surface area contributed by atoms with Gasteiger partial charge in [-0.15, -0.1) is 11.3 Å². The molecule has 2 amide bonds. The van der Waals surface area contributed by atoms with Crippen molar-refractivity contribution in [3.05, 3.63) is 80.9 Å². The number of nitrogens with one attached hydrogen (secondary N) is 3. The molecule has 3 rings (SSSR count). The van der Waals surface area contributed by atoms with Crippen LogP contribution in [-0.4, -0.2) is 24.9 Å². The molecule has 0 saturated carbocycles. The number of carbonyl (C=O) groups is 2. The van der Waals surface area contributed by atoms with Crippen molar-refractivity contribution in [1.82, 2.24) is 5.32 Å². The fraction of sp³-hybridized carbons (Fsp3) is 0.136. The van der Waals surface area contributed by atoms with Gasteiger partial charge in [0.05, 0.1) is 26.2 Å². The number of amides is 2. The number of nitriles is 1. The van der Waals surface area contributed by atoms with E-state index >= 15 is 0 Å². The first-order valence-electron chi connectivity index (χ1n) is 9.27. The van der Waals surface area contributed by atoms with E-state index in [2.05, 4.69) is 16.0 Å². The summed E-state index contributed by atoms with van der Waals surface area (Å²) >= 11 is 7.21. The van der Waals surface area contributed by atoms with Crippen molar-refractivity contribution in [2.75, 3.05) is 23.7 Å². The Labute approximate surface area is 187 Å². The second kappa shape index (κ2) is 10.1. The highest BCUT2D eigenvalue weighted by Crippen LogP contribution is 2.28. The van der Waals surface area contributed by atoms with Crippen LogP contribution in [-0.2, 0) is 0 Å². The summed E-state index contributed by atoms with van der Waals surface area (Å²) < 4.78 is 13.6. The van der Waals surface area contributed by atoms with Crippen LogP contribution in [0.15, 0.2) is 48.5 Å². The molecule has 2 aromatic carbocycles. The number of thiophene rings is 1. The zero-order valence-corrected chi connectivity index (χ0v) is 18.0. The minimum atomic E-state index is -0.600. The Bertz CT molecular complexity index is 1170. The van der Waals surface area contributed by atoms with Gasteiger partial charge in [-0.25, -0.2) is 4.39 Å². The van der Waals surface area contributed by atoms with Crippen LogP contribution in [0.1, 0.15) is 31.2 Å². The monoisotopic (exact) mass is 456 g/mol. The number of nitrogens with zero attached hydrogens (tertiary/aromatic N) is 1. The van der Waals surface area contributed by atoms with Gasteiger partial charge in [-0.3, -0.25) is 9.59 Å². The summed E-state index contributed by atoms with van der Waals surface area (Å²) in [7, 11) is 0. The van der Waals surface area contributed by atoms with Crippen molar-refractivity contribution in [1.29, 1.82) is 5.26 Å². The molecule has 3 N–H and O–H groups in total. The van der Waals surface area contributed by atoms with E-state index in [1.807, 2.05) is 6.07 Å². The molecule has 3 aromatic rings. The second-order valence-corrected chi connectivity index (χ2v) is 7.97. The molecular weight excluding hydrogens is 439 g/mol. The van der Waals surface area contributed by atoms with Crippen molar-refractivity contribution in [3.63, 3.8) is 0 Å². The Kier molecular flexibility index (Phi) is 7.23. The Balaban J connectivity index is 1.56. The van der Waals surface area contributed by atoms with Gasteiger partial charge in [-0.05, 0) is 42.8 Å². The number of rotatable bonds is 7. The molecule has 1 heterocycles. The van der Waals surface area contributed by atoms with E-state index in [1.54, 1.807) is 43.3 Å². The van der Waals surface area contributed by atoms with Crippen LogP contribution in [0.4, 0.5) is 15.1 Å². The molecule has 1 aromatic heterocycles. The minimum absolute atomic E-state index is 0.0677. The van der Waals surface area contributed by atoms with Gasteiger partial charge in [0.15, 0.2) is 0 Å². The molecule has 0 aliphatic carbocycles. The summed E-state index contributed by atoms with van der Waals surface area (Å²) in [6.45, 7) is 2.35. The van der Waals surface area contributed by atoms with Crippen molar-refractivity contribution in [2.45, 2.75) is 6.92 Å². The lowest BCUT2D eigenvalue weighted by Gasteiger charge is -2.09. The quantitative estimate of drug-likeness (QED) is 0.444. The van der Waals surface area contributed by atoms with E-state index in [-0.39, 0.29) is 23.9 Å². The lowest BCUT2D eigenvalue weighted by Crippen LogP contribution is -2.28. The Morgan fingerprint density at radius 3 is 2.65 bits per heavy atom. The standard InChI is InChI=1S/C22H18ClFN4O2S/c1-13-11-19(28-21(29)14-5-2-3-6-16(14)23)31-20(13)22(30)27-10-9-26-18-8-4-7-17(24)15(18)12-25/h2-8,11,26H,9-10H2,1H3,(H,27,30)(H,28,29). The van der Waals surface area contributed by atoms with Crippen LogP contribution in [0.25, 0.3) is 0 Å². The number of anilines is 2. The first-order chi connectivity index (χ1) is 14.9. The molecule has 0 aliphatic heterocycles. The molecule has 0 bridgehead atoms. The van der Waals surface area contributed by atoms with Crippen molar-refractivity contribution >= 4 is 45.4 Å². The van der Waals surface area contributed by atoms with E-state index in [9.17, 15) is 14.0 Å². The highest BCUT2D eigenvalue weighted by atomic mass is 35.5. The van der Waals surface area contributed by atoms with E-state index < -0.39 is 5.82 Å². The van der Waals surface area contributed by atoms with E-state index in [0.29, 0.717) is 32.7 Å². The molecule has 0 unspecified atom stereocenters. The molecular formula is C22H18ClFN4O2S. The average Bonchev–Trinajstić information content (AvgIpc) is 3.11. The normalized spacial score (nSPS) is 10.3. The third kappa shape index (κ3) is 5.40. The lowest BCUT2D eigenvalue weighted by molar-refractivity contribution is 0.0957. The van der Waals surface area contributed by atoms with Crippen molar-refractivity contribution in [3.8, 4) is 6.07 Å². The maximum Gasteiger partial charge on any atom is 0.261 e. The third-order valence-corrected chi connectivity index (χ3v) is 5.81. The average molecular weight is 457 g/mol. The van der Waals surface area contributed by atoms with E-state index in [4.69, 9.17) is 16.9 Å². The SMILES string of the molecule is Cc1cc(NC(=O)c2ccccc2Cl)sc1C(=O)NCCNc1cccc(F)c1C#N. The number of aryl methyl sites for hydroxylation is 1. The highest BCUT2D eigenvalue weighted by Gasteiger charge is 2.16. The zero-order chi connectivity index (χ0) is 22.4. The van der Waals surface area contributed by atoms with Crippen LogP contribution >= 0.6 is 22.9 Å². The van der Waals surface area contributed by atoms with Gasteiger partial charge in [-0.1, -0.05) is 29.8 Å². The number of hydrogen-bond acceptors (Lipinski definition) is 5. The third-order valence-electron chi connectivity index (χ3n) is 4.33. The fourth-order valence-corrected chi connectivity index (χ4v) is 4.04. The largest absolute Gasteiger partial charge is 0.382 e. The van der Waals surface area contributed by atoms with Gasteiger partial charge in [0.1, 0.15) is 17.4 Å². The van der Waals surface area contributed by atoms with Crippen LogP contribution < -0.4 is 16.0 Å². The Morgan fingerprint density at radius 1 is 1.13 bits per heavy atom. The zero-order valence-electron chi connectivity index (χ0n) is 16.5. The van der Waals surface area contributed by atoms with Gasteiger partial charge in [0, 0.05) is 13.1 Å². The second-order valence-electron chi connectivity index (χ2n) is 6.51. The number of hydrogen-bond donors (Lipinski definition) is 3. The van der Waals surface area contributed by atoms with Crippen molar-refractivity contribution < 1.29 is 14.0 Å². The van der Waals surface area contributed by atoms with Crippen LogP contribution in [0, 0.1) is 24.1 Å². The Hall–Kier alpha value is -3.41. The molecule has 0 radical (unpaired) electrons. The maximum atomic E-state index is 13.6. The molecule has 0 atom stereocenters. The van der Waals surface area contributed by atoms with Crippen molar-refractivity contribution in [2.24, 2.45) is 0 Å². The summed E-state index contributed by atoms with van der Waals surface area (Å²) in [6, 6.07) is 14.6. The molecule has 31 heavy (non-hydrogen) atoms. The number of halogens is 2. The molecule has 0 saturated heterocycles. The van der Waals surface area contributed by atoms with Gasteiger partial charge in [0.25, 0.3) is 11.8 Å². The maximum absolute atomic E-state index is 13.6. The molecule has 0 spiro atoms. The predicted octanol–water partition coefficient (Wildman–Crippen LogP) is 4.81. The summed E-state index contributed by atoms with van der Waals surface area (Å²) in [4.78, 5) is 25.4. The first kappa shape index (κ1) is 22.3. The molecule has 0 aliphatic rings. The lowest BCUT2D eigenvalue weighted by atomic mass is 10.2. The van der Waals surface area contributed by atoms with Gasteiger partial charge < -0.3 is 16.0 Å². The summed E-state index contributed by atoms with van der Waals surface area (Å²) in [6.07, 6.45) is 0. The predicted molar refractivity (Wildman–Crippen MR) is 120 cm³/mol. The molecule has 0 fully saturated rings. The van der Waals surface area contributed by atoms with Crippen LogP contribution in [0.5, 0.6) is 0 Å². The van der Waals surface area contributed by atoms with Gasteiger partial charge in [-0.2, -0.15) is 5.26 Å². The summed E-state index contributed by atoms with van der Waals surface area (Å²) in [5.41, 5.74) is 1.37. The molecule has 158 valence electrons. The summed E-state index contributed by atoms with van der Waals surface area (Å²) in [5, 5.41) is 18.4. The highest BCUT2D eigenvalue weighted by molar-refractivity contribution is 7.18. The first-order valence-corrected chi connectivity index (χ1v) is 10.5. The molecule has 6 nitrogen and oxygen atoms in total. The fourth-order valence-electron chi connectivity index (χ4n) is 2.83. The smallest absolute Gasteiger partial charge is 0.261 e. The number of benzene rings is 2. The van der Waals surface area contributed by atoms with Gasteiger partial charge >= 0.3 is 0 Å². The van der Waals surface area contributed by atoms with E-state index in [1.165, 1.54) is 12.1 Å². The van der Waals surface area contributed by atoms with Crippen LogP contribution in [0.3, 0.4) is 0 Å². The van der Waals surface area contributed by atoms with E-state index in [0.717, 1.165) is 16.9 Å². The van der Waals surface area contributed by atoms with Gasteiger partial charge in [0.2, 0.25) is 0 Å². The summed E-state index contributed by atoms with van der Waals surface area (Å²) in [5.74, 6) is -1.24. The minimum Gasteiger partial charge on any atom is -0.382 e. The topological polar surface area (TPSA) is 94.0 Å². The number of carbonyl (C=O) groups excluding carboxylic acids is 2.